The summed E-state index contributed by atoms with van der Waals surface area (Å²) in [5.41, 5.74) is 0.169. The van der Waals surface area contributed by atoms with Gasteiger partial charge in [0, 0.05) is 6.04 Å². The van der Waals surface area contributed by atoms with Gasteiger partial charge in [-0.05, 0) is 19.4 Å². The van der Waals surface area contributed by atoms with Gasteiger partial charge in [0.1, 0.15) is 5.56 Å². The van der Waals surface area contributed by atoms with Crippen LogP contribution < -0.4 is 5.32 Å². The number of anilines is 1. The fourth-order valence-electron chi connectivity index (χ4n) is 1.62. The predicted octanol–water partition coefficient (Wildman–Crippen LogP) is 2.56. The van der Waals surface area contributed by atoms with Crippen LogP contribution >= 0.6 is 0 Å². The Kier molecular flexibility index (Phi) is 5.39. The molecule has 0 fully saturated rings. The van der Waals surface area contributed by atoms with E-state index < -0.39 is 5.97 Å². The molecule has 0 bridgehead atoms. The van der Waals surface area contributed by atoms with E-state index in [4.69, 9.17) is 5.11 Å². The highest BCUT2D eigenvalue weighted by Crippen LogP contribution is 2.13. The standard InChI is InChI=1S/C12H19N3O2/c1-3-4-5-6-9(2)14-11-10(12(16)17)7-8-13-15-11/h7-9H,3-6H2,1-2H3,(H,14,15)(H,16,17). The largest absolute Gasteiger partial charge is 0.478 e. The molecule has 0 saturated carbocycles. The summed E-state index contributed by atoms with van der Waals surface area (Å²) in [7, 11) is 0. The van der Waals surface area contributed by atoms with Crippen molar-refractivity contribution in [3.63, 3.8) is 0 Å². The van der Waals surface area contributed by atoms with Gasteiger partial charge in [-0.2, -0.15) is 5.10 Å². The Morgan fingerprint density at radius 2 is 2.29 bits per heavy atom. The summed E-state index contributed by atoms with van der Waals surface area (Å²) in [6.45, 7) is 4.18. The van der Waals surface area contributed by atoms with Crippen molar-refractivity contribution in [3.8, 4) is 0 Å². The molecule has 17 heavy (non-hydrogen) atoms. The molecule has 0 aliphatic rings. The van der Waals surface area contributed by atoms with Gasteiger partial charge < -0.3 is 10.4 Å². The fourth-order valence-corrected chi connectivity index (χ4v) is 1.62. The van der Waals surface area contributed by atoms with Crippen LogP contribution in [0.2, 0.25) is 0 Å². The van der Waals surface area contributed by atoms with Gasteiger partial charge in [0.05, 0.1) is 6.20 Å². The van der Waals surface area contributed by atoms with E-state index in [9.17, 15) is 4.79 Å². The average molecular weight is 237 g/mol. The average Bonchev–Trinajstić information content (AvgIpc) is 2.29. The number of nitrogens with one attached hydrogen (secondary N) is 1. The first-order chi connectivity index (χ1) is 8.15. The first kappa shape index (κ1) is 13.4. The molecule has 0 aliphatic heterocycles. The molecule has 0 aromatic carbocycles. The number of carboxylic acids is 1. The Balaban J connectivity index is 2.58. The quantitative estimate of drug-likeness (QED) is 0.713. The lowest BCUT2D eigenvalue weighted by Gasteiger charge is -2.14. The maximum absolute atomic E-state index is 11.0. The number of hydrogen-bond donors (Lipinski definition) is 2. The van der Waals surface area contributed by atoms with Gasteiger partial charge in [0.25, 0.3) is 0 Å². The smallest absolute Gasteiger partial charge is 0.339 e. The van der Waals surface area contributed by atoms with Gasteiger partial charge in [-0.1, -0.05) is 26.2 Å². The lowest BCUT2D eigenvalue weighted by atomic mass is 10.1. The molecule has 0 amide bonds. The minimum absolute atomic E-state index is 0.169. The Labute approximate surface area is 101 Å². The first-order valence-corrected chi connectivity index (χ1v) is 5.96. The zero-order valence-corrected chi connectivity index (χ0v) is 10.3. The second kappa shape index (κ2) is 6.83. The third-order valence-corrected chi connectivity index (χ3v) is 2.57. The van der Waals surface area contributed by atoms with Crippen LogP contribution in [-0.4, -0.2) is 27.3 Å². The van der Waals surface area contributed by atoms with E-state index in [1.807, 2.05) is 6.92 Å². The number of carboxylic acid groups (broad SMARTS) is 1. The van der Waals surface area contributed by atoms with E-state index in [1.165, 1.54) is 25.1 Å². The topological polar surface area (TPSA) is 75.1 Å². The first-order valence-electron chi connectivity index (χ1n) is 5.96. The Hall–Kier alpha value is -1.65. The number of rotatable bonds is 7. The van der Waals surface area contributed by atoms with Crippen molar-refractivity contribution in [2.45, 2.75) is 45.6 Å². The SMILES string of the molecule is CCCCCC(C)Nc1nnccc1C(=O)O. The summed E-state index contributed by atoms with van der Waals surface area (Å²) >= 11 is 0. The van der Waals surface area contributed by atoms with Crippen LogP contribution in [0.1, 0.15) is 49.9 Å². The Morgan fingerprint density at radius 3 is 2.94 bits per heavy atom. The van der Waals surface area contributed by atoms with Gasteiger partial charge >= 0.3 is 5.97 Å². The van der Waals surface area contributed by atoms with E-state index in [-0.39, 0.29) is 11.6 Å². The van der Waals surface area contributed by atoms with Crippen LogP contribution in [0.25, 0.3) is 0 Å². The Morgan fingerprint density at radius 1 is 1.53 bits per heavy atom. The molecule has 1 aromatic rings. The number of unbranched alkanes of at least 4 members (excludes halogenated alkanes) is 2. The molecule has 5 heteroatoms. The maximum Gasteiger partial charge on any atom is 0.339 e. The van der Waals surface area contributed by atoms with E-state index in [0.29, 0.717) is 5.82 Å². The number of hydrogen-bond acceptors (Lipinski definition) is 4. The van der Waals surface area contributed by atoms with Crippen molar-refractivity contribution < 1.29 is 9.90 Å². The third-order valence-electron chi connectivity index (χ3n) is 2.57. The van der Waals surface area contributed by atoms with Crippen LogP contribution in [0.5, 0.6) is 0 Å². The molecule has 0 spiro atoms. The molecule has 0 saturated heterocycles. The predicted molar refractivity (Wildman–Crippen MR) is 66.2 cm³/mol. The van der Waals surface area contributed by atoms with E-state index in [0.717, 1.165) is 12.8 Å². The van der Waals surface area contributed by atoms with E-state index in [2.05, 4.69) is 22.4 Å². The summed E-state index contributed by atoms with van der Waals surface area (Å²) in [4.78, 5) is 11.0. The van der Waals surface area contributed by atoms with Gasteiger partial charge in [-0.15, -0.1) is 5.10 Å². The summed E-state index contributed by atoms with van der Waals surface area (Å²) in [5.74, 6) is -0.632. The molecule has 1 unspecified atom stereocenters. The van der Waals surface area contributed by atoms with Crippen molar-refractivity contribution >= 4 is 11.8 Å². The lowest BCUT2D eigenvalue weighted by molar-refractivity contribution is 0.0697. The van der Waals surface area contributed by atoms with Crippen molar-refractivity contribution in [2.75, 3.05) is 5.32 Å². The second-order valence-electron chi connectivity index (χ2n) is 4.14. The molecule has 2 N–H and O–H groups in total. The highest BCUT2D eigenvalue weighted by atomic mass is 16.4. The normalized spacial score (nSPS) is 12.1. The van der Waals surface area contributed by atoms with E-state index >= 15 is 0 Å². The minimum atomic E-state index is -0.983. The van der Waals surface area contributed by atoms with Crippen LogP contribution in [0.15, 0.2) is 12.3 Å². The van der Waals surface area contributed by atoms with Crippen LogP contribution in [0.4, 0.5) is 5.82 Å². The van der Waals surface area contributed by atoms with Crippen LogP contribution in [0, 0.1) is 0 Å². The second-order valence-corrected chi connectivity index (χ2v) is 4.14. The summed E-state index contributed by atoms with van der Waals surface area (Å²) in [6, 6.07) is 1.66. The fraction of sp³-hybridized carbons (Fsp3) is 0.583. The zero-order valence-electron chi connectivity index (χ0n) is 10.3. The van der Waals surface area contributed by atoms with Gasteiger partial charge in [0.15, 0.2) is 5.82 Å². The number of carbonyl (C=O) groups is 1. The third kappa shape index (κ3) is 4.38. The molecular weight excluding hydrogens is 218 g/mol. The van der Waals surface area contributed by atoms with Gasteiger partial charge in [-0.25, -0.2) is 4.79 Å². The van der Waals surface area contributed by atoms with Crippen molar-refractivity contribution in [3.05, 3.63) is 17.8 Å². The Bertz CT molecular complexity index is 369. The molecule has 1 atom stereocenters. The molecule has 1 rings (SSSR count). The lowest BCUT2D eigenvalue weighted by Crippen LogP contribution is -2.18. The van der Waals surface area contributed by atoms with Gasteiger partial charge in [-0.3, -0.25) is 0 Å². The van der Waals surface area contributed by atoms with Gasteiger partial charge in [0.2, 0.25) is 0 Å². The molecule has 94 valence electrons. The summed E-state index contributed by atoms with van der Waals surface area (Å²) in [5, 5.41) is 19.6. The summed E-state index contributed by atoms with van der Waals surface area (Å²) in [6.07, 6.45) is 5.89. The highest BCUT2D eigenvalue weighted by Gasteiger charge is 2.13. The van der Waals surface area contributed by atoms with Crippen molar-refractivity contribution in [1.82, 2.24) is 10.2 Å². The van der Waals surface area contributed by atoms with Crippen molar-refractivity contribution in [1.29, 1.82) is 0 Å². The number of aromatic carboxylic acids is 1. The molecule has 1 aromatic heterocycles. The van der Waals surface area contributed by atoms with E-state index in [1.54, 1.807) is 0 Å². The number of nitrogens with zero attached hydrogens (tertiary/aromatic N) is 2. The summed E-state index contributed by atoms with van der Waals surface area (Å²) < 4.78 is 0. The van der Waals surface area contributed by atoms with Crippen LogP contribution in [0.3, 0.4) is 0 Å². The molecular formula is C12H19N3O2. The van der Waals surface area contributed by atoms with Crippen molar-refractivity contribution in [2.24, 2.45) is 0 Å². The highest BCUT2D eigenvalue weighted by molar-refractivity contribution is 5.92. The molecule has 1 heterocycles. The molecule has 5 nitrogen and oxygen atoms in total. The maximum atomic E-state index is 11.0. The molecule has 0 aliphatic carbocycles. The molecule has 0 radical (unpaired) electrons. The number of aromatic nitrogens is 2. The van der Waals surface area contributed by atoms with Crippen LogP contribution in [-0.2, 0) is 0 Å². The monoisotopic (exact) mass is 237 g/mol. The minimum Gasteiger partial charge on any atom is -0.478 e. The zero-order chi connectivity index (χ0) is 12.7.